The molecule has 0 spiro atoms. The number of nitrogens with two attached hydrogens (primary N) is 1. The van der Waals surface area contributed by atoms with Gasteiger partial charge in [-0.25, -0.2) is 14.6 Å². The molecular formula is C13H16N6O2. The Balaban J connectivity index is 1.67. The zero-order chi connectivity index (χ0) is 14.8. The molecule has 3 heterocycles. The summed E-state index contributed by atoms with van der Waals surface area (Å²) >= 11 is 0. The van der Waals surface area contributed by atoms with E-state index in [1.165, 1.54) is 0 Å². The summed E-state index contributed by atoms with van der Waals surface area (Å²) in [7, 11) is 0. The SMILES string of the molecule is Cc1ncc(CNC(=O)c2cc3n(n2)CCCO3)c(N)n1. The minimum Gasteiger partial charge on any atom is -0.478 e. The normalized spacial score (nSPS) is 13.4. The van der Waals surface area contributed by atoms with Gasteiger partial charge in [-0.05, 0) is 6.92 Å². The van der Waals surface area contributed by atoms with Crippen LogP contribution < -0.4 is 15.8 Å². The van der Waals surface area contributed by atoms with Crippen LogP contribution in [0.2, 0.25) is 0 Å². The monoisotopic (exact) mass is 288 g/mol. The summed E-state index contributed by atoms with van der Waals surface area (Å²) in [4.78, 5) is 20.2. The second kappa shape index (κ2) is 5.39. The van der Waals surface area contributed by atoms with Crippen LogP contribution >= 0.6 is 0 Å². The first-order valence-electron chi connectivity index (χ1n) is 6.70. The Bertz CT molecular complexity index is 658. The van der Waals surface area contributed by atoms with E-state index in [4.69, 9.17) is 10.5 Å². The topological polar surface area (TPSA) is 108 Å². The first-order valence-corrected chi connectivity index (χ1v) is 6.70. The van der Waals surface area contributed by atoms with Crippen LogP contribution in [0, 0.1) is 6.92 Å². The van der Waals surface area contributed by atoms with Crippen molar-refractivity contribution in [1.29, 1.82) is 0 Å². The molecule has 0 bridgehead atoms. The lowest BCUT2D eigenvalue weighted by Gasteiger charge is -2.13. The Morgan fingerprint density at radius 1 is 1.57 bits per heavy atom. The lowest BCUT2D eigenvalue weighted by molar-refractivity contribution is 0.0945. The van der Waals surface area contributed by atoms with Crippen molar-refractivity contribution in [2.45, 2.75) is 26.4 Å². The van der Waals surface area contributed by atoms with E-state index >= 15 is 0 Å². The smallest absolute Gasteiger partial charge is 0.272 e. The van der Waals surface area contributed by atoms with Crippen LogP contribution in [0.1, 0.15) is 28.3 Å². The van der Waals surface area contributed by atoms with E-state index in [1.807, 2.05) is 0 Å². The van der Waals surface area contributed by atoms with Crippen molar-refractivity contribution in [3.05, 3.63) is 29.3 Å². The van der Waals surface area contributed by atoms with Crippen molar-refractivity contribution < 1.29 is 9.53 Å². The van der Waals surface area contributed by atoms with E-state index in [0.717, 1.165) is 13.0 Å². The van der Waals surface area contributed by atoms with Crippen LogP contribution in [0.4, 0.5) is 5.82 Å². The van der Waals surface area contributed by atoms with E-state index in [-0.39, 0.29) is 12.5 Å². The molecule has 8 nitrogen and oxygen atoms in total. The third-order valence-corrected chi connectivity index (χ3v) is 3.20. The molecule has 3 N–H and O–H groups in total. The number of nitrogens with one attached hydrogen (secondary N) is 1. The Morgan fingerprint density at radius 2 is 2.43 bits per heavy atom. The summed E-state index contributed by atoms with van der Waals surface area (Å²) < 4.78 is 7.13. The number of rotatable bonds is 3. The van der Waals surface area contributed by atoms with E-state index in [0.29, 0.717) is 35.4 Å². The summed E-state index contributed by atoms with van der Waals surface area (Å²) in [6.45, 7) is 3.44. The highest BCUT2D eigenvalue weighted by molar-refractivity contribution is 5.92. The number of amides is 1. The molecule has 8 heteroatoms. The molecule has 0 atom stereocenters. The van der Waals surface area contributed by atoms with Crippen molar-refractivity contribution in [2.75, 3.05) is 12.3 Å². The van der Waals surface area contributed by atoms with Gasteiger partial charge in [0.15, 0.2) is 5.69 Å². The van der Waals surface area contributed by atoms with E-state index in [2.05, 4.69) is 20.4 Å². The van der Waals surface area contributed by atoms with Crippen LogP contribution in [0.3, 0.4) is 0 Å². The molecule has 1 aliphatic rings. The Kier molecular flexibility index (Phi) is 3.43. The van der Waals surface area contributed by atoms with Crippen LogP contribution in [-0.2, 0) is 13.1 Å². The van der Waals surface area contributed by atoms with Gasteiger partial charge < -0.3 is 15.8 Å². The summed E-state index contributed by atoms with van der Waals surface area (Å²) in [5, 5.41) is 6.97. The zero-order valence-corrected chi connectivity index (χ0v) is 11.7. The fourth-order valence-electron chi connectivity index (χ4n) is 2.09. The van der Waals surface area contributed by atoms with Gasteiger partial charge in [0.2, 0.25) is 5.88 Å². The van der Waals surface area contributed by atoms with Crippen molar-refractivity contribution in [1.82, 2.24) is 25.1 Å². The number of nitrogens with zero attached hydrogens (tertiary/aromatic N) is 4. The first kappa shape index (κ1) is 13.3. The summed E-state index contributed by atoms with van der Waals surface area (Å²) in [6.07, 6.45) is 2.51. The molecule has 0 aliphatic carbocycles. The quantitative estimate of drug-likeness (QED) is 0.839. The molecule has 1 aliphatic heterocycles. The zero-order valence-electron chi connectivity index (χ0n) is 11.7. The summed E-state index contributed by atoms with van der Waals surface area (Å²) in [5.74, 6) is 1.32. The van der Waals surface area contributed by atoms with Gasteiger partial charge in [0.25, 0.3) is 5.91 Å². The highest BCUT2D eigenvalue weighted by Gasteiger charge is 2.17. The molecule has 2 aromatic heterocycles. The number of hydrogen-bond acceptors (Lipinski definition) is 6. The summed E-state index contributed by atoms with van der Waals surface area (Å²) in [6, 6.07) is 1.64. The van der Waals surface area contributed by atoms with Crippen LogP contribution in [0.25, 0.3) is 0 Å². The molecule has 0 aromatic carbocycles. The fraction of sp³-hybridized carbons (Fsp3) is 0.385. The maximum Gasteiger partial charge on any atom is 0.272 e. The van der Waals surface area contributed by atoms with Gasteiger partial charge in [-0.15, -0.1) is 0 Å². The predicted molar refractivity (Wildman–Crippen MR) is 74.7 cm³/mol. The molecule has 110 valence electrons. The van der Waals surface area contributed by atoms with Crippen molar-refractivity contribution in [3.63, 3.8) is 0 Å². The third-order valence-electron chi connectivity index (χ3n) is 3.20. The van der Waals surface area contributed by atoms with Gasteiger partial charge in [-0.1, -0.05) is 0 Å². The minimum absolute atomic E-state index is 0.258. The average Bonchev–Trinajstić information content (AvgIpc) is 2.90. The maximum atomic E-state index is 12.1. The number of hydrogen-bond donors (Lipinski definition) is 2. The molecule has 3 rings (SSSR count). The number of carbonyl (C=O) groups is 1. The van der Waals surface area contributed by atoms with Gasteiger partial charge in [0, 0.05) is 37.3 Å². The van der Waals surface area contributed by atoms with Gasteiger partial charge in [0.05, 0.1) is 6.61 Å². The molecule has 0 saturated carbocycles. The molecule has 0 fully saturated rings. The molecule has 0 unspecified atom stereocenters. The number of anilines is 1. The number of aryl methyl sites for hydroxylation is 2. The molecule has 21 heavy (non-hydrogen) atoms. The lowest BCUT2D eigenvalue weighted by Crippen LogP contribution is -2.24. The number of nitrogen functional groups attached to an aromatic ring is 1. The predicted octanol–water partition coefficient (Wildman–Crippen LogP) is 0.276. The lowest BCUT2D eigenvalue weighted by atomic mass is 10.3. The largest absolute Gasteiger partial charge is 0.478 e. The number of fused-ring (bicyclic) bond motifs is 1. The Labute approximate surface area is 121 Å². The number of carbonyl (C=O) groups excluding carboxylic acids is 1. The Hall–Kier alpha value is -2.64. The number of aromatic nitrogens is 4. The average molecular weight is 288 g/mol. The van der Waals surface area contributed by atoms with Gasteiger partial charge in [-0.2, -0.15) is 5.10 Å². The van der Waals surface area contributed by atoms with Crippen LogP contribution in [0.15, 0.2) is 12.3 Å². The van der Waals surface area contributed by atoms with Crippen molar-refractivity contribution in [3.8, 4) is 5.88 Å². The van der Waals surface area contributed by atoms with Crippen molar-refractivity contribution in [2.24, 2.45) is 0 Å². The fourth-order valence-corrected chi connectivity index (χ4v) is 2.09. The molecule has 0 radical (unpaired) electrons. The number of ether oxygens (including phenoxy) is 1. The second-order valence-electron chi connectivity index (χ2n) is 4.80. The molecule has 2 aromatic rings. The van der Waals surface area contributed by atoms with Crippen LogP contribution in [-0.4, -0.2) is 32.3 Å². The third kappa shape index (κ3) is 2.78. The minimum atomic E-state index is -0.277. The van der Waals surface area contributed by atoms with E-state index < -0.39 is 0 Å². The van der Waals surface area contributed by atoms with Gasteiger partial charge in [0.1, 0.15) is 11.6 Å². The first-order chi connectivity index (χ1) is 10.1. The molecule has 1 amide bonds. The highest BCUT2D eigenvalue weighted by Crippen LogP contribution is 2.18. The summed E-state index contributed by atoms with van der Waals surface area (Å²) in [5.41, 5.74) is 6.79. The maximum absolute atomic E-state index is 12.1. The van der Waals surface area contributed by atoms with Crippen LogP contribution in [0.5, 0.6) is 5.88 Å². The highest BCUT2D eigenvalue weighted by atomic mass is 16.5. The standard InChI is InChI=1S/C13H16N6O2/c1-8-15-6-9(12(14)17-8)7-16-13(20)10-5-11-19(18-10)3-2-4-21-11/h5-6H,2-4,7H2,1H3,(H,16,20)(H2,14,15,17). The van der Waals surface area contributed by atoms with E-state index in [9.17, 15) is 4.79 Å². The molecule has 0 saturated heterocycles. The van der Waals surface area contributed by atoms with Crippen molar-refractivity contribution >= 4 is 11.7 Å². The molecular weight excluding hydrogens is 272 g/mol. The Morgan fingerprint density at radius 3 is 3.19 bits per heavy atom. The van der Waals surface area contributed by atoms with E-state index in [1.54, 1.807) is 23.9 Å². The van der Waals surface area contributed by atoms with Gasteiger partial charge in [-0.3, -0.25) is 4.79 Å². The second-order valence-corrected chi connectivity index (χ2v) is 4.80. The van der Waals surface area contributed by atoms with Gasteiger partial charge >= 0.3 is 0 Å².